The van der Waals surface area contributed by atoms with Crippen molar-refractivity contribution in [2.45, 2.75) is 0 Å². The van der Waals surface area contributed by atoms with E-state index in [4.69, 9.17) is 25.7 Å². The largest absolute Gasteiger partial charge is 0.265 e. The van der Waals surface area contributed by atoms with E-state index < -0.39 is 9.22 Å². The van der Waals surface area contributed by atoms with Crippen molar-refractivity contribution < 1.29 is 0 Å². The van der Waals surface area contributed by atoms with Gasteiger partial charge in [0.05, 0.1) is 4.70 Å². The molecule has 1 radical (unpaired) electrons. The molecule has 0 aromatic carbocycles. The molecule has 0 unspecified atom stereocenters. The monoisotopic (exact) mass is 180 g/mol. The Morgan fingerprint density at radius 1 is 1.00 bits per heavy atom. The first-order valence-electron chi connectivity index (χ1n) is 1.65. The van der Waals surface area contributed by atoms with Crippen LogP contribution in [0.25, 0.3) is 0 Å². The van der Waals surface area contributed by atoms with Crippen LogP contribution in [0.3, 0.4) is 0 Å². The molecule has 0 aliphatic rings. The number of thiocarbonyl (C=S) groups is 1. The van der Waals surface area contributed by atoms with Gasteiger partial charge in [-0.3, -0.25) is 25.7 Å². The summed E-state index contributed by atoms with van der Waals surface area (Å²) in [5.41, 5.74) is 0. The molecular formula is CH11N5NaS2. The standard InChI is InChI=1S/CH11N5S2.Na/c2-8(3,4,5,6)1-7;/h1H,2-6H2;. The predicted octanol–water partition coefficient (Wildman–Crippen LogP) is -2.19. The van der Waals surface area contributed by atoms with Gasteiger partial charge in [-0.2, -0.15) is 0 Å². The predicted molar refractivity (Wildman–Crippen MR) is 47.9 cm³/mol. The summed E-state index contributed by atoms with van der Waals surface area (Å²) >= 11 is 4.32. The number of rotatable bonds is 1. The van der Waals surface area contributed by atoms with Crippen LogP contribution in [0, 0.1) is 0 Å². The average Bonchev–Trinajstić information content (AvgIpc) is 1.30. The summed E-state index contributed by atoms with van der Waals surface area (Å²) in [5, 5.41) is 25.5. The summed E-state index contributed by atoms with van der Waals surface area (Å²) in [7, 11) is -4.31. The van der Waals surface area contributed by atoms with Crippen molar-refractivity contribution in [2.75, 3.05) is 0 Å². The van der Waals surface area contributed by atoms with E-state index in [0.29, 0.717) is 0 Å². The molecule has 53 valence electrons. The van der Waals surface area contributed by atoms with Crippen molar-refractivity contribution in [3.8, 4) is 0 Å². The van der Waals surface area contributed by atoms with Crippen molar-refractivity contribution in [3.05, 3.63) is 0 Å². The molecule has 0 saturated carbocycles. The summed E-state index contributed by atoms with van der Waals surface area (Å²) in [6.45, 7) is 0. The zero-order valence-electron chi connectivity index (χ0n) is 5.28. The second kappa shape index (κ2) is 2.11. The van der Waals surface area contributed by atoms with Crippen molar-refractivity contribution in [1.82, 2.24) is 0 Å². The van der Waals surface area contributed by atoms with E-state index in [9.17, 15) is 0 Å². The molecule has 0 amide bonds. The van der Waals surface area contributed by atoms with E-state index in [1.54, 1.807) is 0 Å². The van der Waals surface area contributed by atoms with Gasteiger partial charge in [0.2, 0.25) is 0 Å². The Morgan fingerprint density at radius 3 is 1.11 bits per heavy atom. The van der Waals surface area contributed by atoms with E-state index in [1.165, 1.54) is 0 Å². The third-order valence-electron chi connectivity index (χ3n) is 0.278. The number of hydrogen-bond acceptors (Lipinski definition) is 6. The molecule has 0 aliphatic carbocycles. The number of hydrogen-bond donors (Lipinski definition) is 5. The molecule has 9 heavy (non-hydrogen) atoms. The van der Waals surface area contributed by atoms with Crippen molar-refractivity contribution in [2.24, 2.45) is 25.7 Å². The van der Waals surface area contributed by atoms with Crippen LogP contribution >= 0.6 is 21.4 Å². The van der Waals surface area contributed by atoms with Gasteiger partial charge < -0.3 is 0 Å². The Bertz CT molecular complexity index is 118. The first-order chi connectivity index (χ1) is 3.04. The Hall–Kier alpha value is 1.24. The summed E-state index contributed by atoms with van der Waals surface area (Å²) in [6, 6.07) is 0. The van der Waals surface area contributed by atoms with Crippen molar-refractivity contribution in [1.29, 1.82) is 0 Å². The first-order valence-corrected chi connectivity index (χ1v) is 4.95. The van der Waals surface area contributed by atoms with E-state index in [-0.39, 0.29) is 29.6 Å². The Kier molecular flexibility index (Phi) is 3.02. The quantitative estimate of drug-likeness (QED) is 0.230. The van der Waals surface area contributed by atoms with E-state index in [2.05, 4.69) is 12.2 Å². The third-order valence-corrected chi connectivity index (χ3v) is 2.50. The molecule has 0 aliphatic heterocycles. The summed E-state index contributed by atoms with van der Waals surface area (Å²) in [5.74, 6) is 0. The van der Waals surface area contributed by atoms with Crippen LogP contribution in [-0.2, 0) is 0 Å². The SMILES string of the molecule is NS(N)(N)(N)(N)C=S.[Na]. The maximum Gasteiger partial charge on any atom is 0.0593 e. The molecule has 10 N–H and O–H groups in total. The van der Waals surface area contributed by atoms with Gasteiger partial charge in [-0.25, -0.2) is 0 Å². The molecule has 0 spiro atoms. The summed E-state index contributed by atoms with van der Waals surface area (Å²) in [6.07, 6.45) is 0. The van der Waals surface area contributed by atoms with Gasteiger partial charge in [0.1, 0.15) is 0 Å². The molecule has 0 aromatic rings. The molecule has 8 heteroatoms. The fraction of sp³-hybridized carbons (Fsp3) is 0. The summed E-state index contributed by atoms with van der Waals surface area (Å²) < 4.78 is 0.819. The van der Waals surface area contributed by atoms with Crippen LogP contribution in [0.4, 0.5) is 0 Å². The maximum absolute atomic E-state index is 5.09. The fourth-order valence-corrected chi connectivity index (χ4v) is 0. The fourth-order valence-electron chi connectivity index (χ4n) is 0. The van der Waals surface area contributed by atoms with Gasteiger partial charge >= 0.3 is 0 Å². The van der Waals surface area contributed by atoms with Crippen LogP contribution in [0.15, 0.2) is 0 Å². The van der Waals surface area contributed by atoms with Crippen molar-refractivity contribution >= 4 is 55.7 Å². The molecule has 0 rings (SSSR count). The van der Waals surface area contributed by atoms with Crippen LogP contribution in [-0.4, -0.2) is 34.3 Å². The normalized spacial score (nSPS) is 18.8. The van der Waals surface area contributed by atoms with Gasteiger partial charge in [0, 0.05) is 29.6 Å². The van der Waals surface area contributed by atoms with Crippen LogP contribution < -0.4 is 25.7 Å². The van der Waals surface area contributed by atoms with Crippen LogP contribution in [0.5, 0.6) is 0 Å². The molecule has 0 aromatic heterocycles. The topological polar surface area (TPSA) is 130 Å². The van der Waals surface area contributed by atoms with Gasteiger partial charge in [0.15, 0.2) is 0 Å². The molecule has 0 heterocycles. The van der Waals surface area contributed by atoms with Crippen molar-refractivity contribution in [3.63, 3.8) is 0 Å². The van der Waals surface area contributed by atoms with Crippen LogP contribution in [0.2, 0.25) is 0 Å². The first kappa shape index (κ1) is 12.9. The Morgan fingerprint density at radius 2 is 1.11 bits per heavy atom. The molecule has 0 saturated heterocycles. The minimum absolute atomic E-state index is 0. The van der Waals surface area contributed by atoms with Gasteiger partial charge in [0.25, 0.3) is 0 Å². The molecule has 5 nitrogen and oxygen atoms in total. The maximum atomic E-state index is 5.09. The van der Waals surface area contributed by atoms with E-state index in [0.717, 1.165) is 4.70 Å². The zero-order chi connectivity index (χ0) is 7.12. The Labute approximate surface area is 80.9 Å². The summed E-state index contributed by atoms with van der Waals surface area (Å²) in [4.78, 5) is 0. The molecule has 0 bridgehead atoms. The van der Waals surface area contributed by atoms with Gasteiger partial charge in [-0.15, -0.1) is 0 Å². The zero-order valence-corrected chi connectivity index (χ0v) is 8.91. The second-order valence-corrected chi connectivity index (χ2v) is 6.99. The second-order valence-electron chi connectivity index (χ2n) is 2.14. The molecule has 0 fully saturated rings. The number of nitrogens with two attached hydrogens (primary N) is 5. The minimum atomic E-state index is -4.31. The van der Waals surface area contributed by atoms with Gasteiger partial charge in [-0.1, -0.05) is 21.4 Å². The van der Waals surface area contributed by atoms with E-state index >= 15 is 0 Å². The average molecular weight is 180 g/mol. The van der Waals surface area contributed by atoms with Crippen LogP contribution in [0.1, 0.15) is 0 Å². The van der Waals surface area contributed by atoms with Gasteiger partial charge in [-0.05, 0) is 0 Å². The minimum Gasteiger partial charge on any atom is -0.265 e. The molecule has 0 atom stereocenters. The van der Waals surface area contributed by atoms with E-state index in [1.807, 2.05) is 0 Å². The Balaban J connectivity index is 0. The smallest absolute Gasteiger partial charge is 0.0593 e. The molecular weight excluding hydrogens is 169 g/mol. The third kappa shape index (κ3) is 12.4.